The molecule has 1 saturated carbocycles. The van der Waals surface area contributed by atoms with E-state index in [2.05, 4.69) is 15.3 Å². The van der Waals surface area contributed by atoms with E-state index in [1.165, 1.54) is 19.3 Å². The lowest BCUT2D eigenvalue weighted by molar-refractivity contribution is 0.329. The first-order valence-corrected chi connectivity index (χ1v) is 7.01. The van der Waals surface area contributed by atoms with E-state index < -0.39 is 0 Å². The number of hydrogen-bond donors (Lipinski definition) is 2. The van der Waals surface area contributed by atoms with Crippen LogP contribution in [-0.4, -0.2) is 22.1 Å². The van der Waals surface area contributed by atoms with Gasteiger partial charge in [-0.1, -0.05) is 37.5 Å². The minimum Gasteiger partial charge on any atom is -0.347 e. The van der Waals surface area contributed by atoms with Crippen molar-refractivity contribution in [2.45, 2.75) is 37.6 Å². The maximum atomic E-state index is 5.98. The minimum atomic E-state index is -0.0132. The molecule has 0 bridgehead atoms. The van der Waals surface area contributed by atoms with Gasteiger partial charge in [0.25, 0.3) is 0 Å². The zero-order valence-electron chi connectivity index (χ0n) is 11.1. The fraction of sp³-hybridized carbons (Fsp3) is 0.467. The van der Waals surface area contributed by atoms with Crippen LogP contribution in [0.4, 0.5) is 5.95 Å². The van der Waals surface area contributed by atoms with Crippen molar-refractivity contribution in [3.8, 4) is 0 Å². The van der Waals surface area contributed by atoms with Crippen molar-refractivity contribution in [1.29, 1.82) is 0 Å². The maximum Gasteiger partial charge on any atom is 0.223 e. The molecule has 1 aliphatic rings. The van der Waals surface area contributed by atoms with Crippen molar-refractivity contribution in [2.24, 2.45) is 5.73 Å². The van der Waals surface area contributed by atoms with E-state index in [0.717, 1.165) is 23.7 Å². The van der Waals surface area contributed by atoms with Crippen LogP contribution in [0.15, 0.2) is 30.5 Å². The summed E-state index contributed by atoms with van der Waals surface area (Å²) in [4.78, 5) is 9.00. The molecule has 0 spiro atoms. The fourth-order valence-corrected chi connectivity index (χ4v) is 2.88. The van der Waals surface area contributed by atoms with Crippen LogP contribution in [0.25, 0.3) is 10.9 Å². The van der Waals surface area contributed by atoms with Crippen LogP contribution in [0, 0.1) is 0 Å². The SMILES string of the molecule is NCC1(Nc2ncc3ccccc3n2)CCCCC1. The van der Waals surface area contributed by atoms with Gasteiger partial charge >= 0.3 is 0 Å². The maximum absolute atomic E-state index is 5.98. The molecule has 1 aliphatic carbocycles. The second-order valence-corrected chi connectivity index (χ2v) is 5.42. The number of para-hydroxylation sites is 1. The van der Waals surface area contributed by atoms with Gasteiger partial charge in [0.1, 0.15) is 0 Å². The predicted molar refractivity (Wildman–Crippen MR) is 78.0 cm³/mol. The quantitative estimate of drug-likeness (QED) is 0.886. The normalized spacial score (nSPS) is 18.4. The van der Waals surface area contributed by atoms with Gasteiger partial charge in [-0.2, -0.15) is 0 Å². The Bertz CT molecular complexity index is 561. The number of nitrogens with zero attached hydrogens (tertiary/aromatic N) is 2. The lowest BCUT2D eigenvalue weighted by atomic mass is 9.82. The Balaban J connectivity index is 1.87. The third-order valence-corrected chi connectivity index (χ3v) is 4.07. The van der Waals surface area contributed by atoms with Crippen molar-refractivity contribution in [3.63, 3.8) is 0 Å². The summed E-state index contributed by atoms with van der Waals surface area (Å²) in [5, 5.41) is 4.56. The Kier molecular flexibility index (Phi) is 3.34. The highest BCUT2D eigenvalue weighted by Gasteiger charge is 2.31. The average molecular weight is 256 g/mol. The smallest absolute Gasteiger partial charge is 0.223 e. The molecule has 3 N–H and O–H groups in total. The summed E-state index contributed by atoms with van der Waals surface area (Å²) in [6.45, 7) is 0.642. The molecule has 1 aromatic heterocycles. The second kappa shape index (κ2) is 5.13. The third kappa shape index (κ3) is 2.54. The third-order valence-electron chi connectivity index (χ3n) is 4.07. The minimum absolute atomic E-state index is 0.0132. The number of aromatic nitrogens is 2. The number of nitrogens with two attached hydrogens (primary N) is 1. The van der Waals surface area contributed by atoms with E-state index in [9.17, 15) is 0 Å². The number of fused-ring (bicyclic) bond motifs is 1. The van der Waals surface area contributed by atoms with Gasteiger partial charge < -0.3 is 11.1 Å². The Morgan fingerprint density at radius 2 is 1.95 bits per heavy atom. The molecule has 4 heteroatoms. The van der Waals surface area contributed by atoms with Gasteiger partial charge in [-0.05, 0) is 18.9 Å². The van der Waals surface area contributed by atoms with Crippen LogP contribution in [0.3, 0.4) is 0 Å². The molecular weight excluding hydrogens is 236 g/mol. The lowest BCUT2D eigenvalue weighted by Gasteiger charge is -2.37. The monoisotopic (exact) mass is 256 g/mol. The highest BCUT2D eigenvalue weighted by atomic mass is 15.1. The number of nitrogens with one attached hydrogen (secondary N) is 1. The van der Waals surface area contributed by atoms with E-state index in [1.807, 2.05) is 30.5 Å². The summed E-state index contributed by atoms with van der Waals surface area (Å²) in [6.07, 6.45) is 7.87. The Morgan fingerprint density at radius 3 is 2.74 bits per heavy atom. The molecule has 19 heavy (non-hydrogen) atoms. The van der Waals surface area contributed by atoms with E-state index in [1.54, 1.807) is 0 Å². The molecule has 0 atom stereocenters. The first kappa shape index (κ1) is 12.4. The molecule has 4 nitrogen and oxygen atoms in total. The van der Waals surface area contributed by atoms with Gasteiger partial charge in [-0.15, -0.1) is 0 Å². The highest BCUT2D eigenvalue weighted by Crippen LogP contribution is 2.30. The zero-order chi connectivity index (χ0) is 13.1. The van der Waals surface area contributed by atoms with Gasteiger partial charge in [0.05, 0.1) is 11.1 Å². The van der Waals surface area contributed by atoms with E-state index in [0.29, 0.717) is 12.5 Å². The first-order valence-electron chi connectivity index (χ1n) is 7.01. The second-order valence-electron chi connectivity index (χ2n) is 5.42. The number of rotatable bonds is 3. The molecule has 0 radical (unpaired) electrons. The van der Waals surface area contributed by atoms with Gasteiger partial charge in [0.15, 0.2) is 0 Å². The largest absolute Gasteiger partial charge is 0.347 e. The van der Waals surface area contributed by atoms with Crippen molar-refractivity contribution in [1.82, 2.24) is 9.97 Å². The van der Waals surface area contributed by atoms with E-state index in [-0.39, 0.29) is 5.54 Å². The van der Waals surface area contributed by atoms with Crippen molar-refractivity contribution >= 4 is 16.9 Å². The van der Waals surface area contributed by atoms with Crippen LogP contribution < -0.4 is 11.1 Å². The molecule has 1 aromatic carbocycles. The molecule has 0 unspecified atom stereocenters. The van der Waals surface area contributed by atoms with Crippen LogP contribution in [-0.2, 0) is 0 Å². The summed E-state index contributed by atoms with van der Waals surface area (Å²) in [6, 6.07) is 8.04. The molecule has 2 aromatic rings. The summed E-state index contributed by atoms with van der Waals surface area (Å²) in [5.41, 5.74) is 6.94. The Labute approximate surface area is 113 Å². The molecule has 0 saturated heterocycles. The summed E-state index contributed by atoms with van der Waals surface area (Å²) in [5.74, 6) is 0.700. The summed E-state index contributed by atoms with van der Waals surface area (Å²) < 4.78 is 0. The average Bonchev–Trinajstić information content (AvgIpc) is 2.48. The summed E-state index contributed by atoms with van der Waals surface area (Å²) in [7, 11) is 0. The van der Waals surface area contributed by atoms with Crippen LogP contribution in [0.2, 0.25) is 0 Å². The first-order chi connectivity index (χ1) is 9.31. The highest BCUT2D eigenvalue weighted by molar-refractivity contribution is 5.78. The van der Waals surface area contributed by atoms with Crippen molar-refractivity contribution < 1.29 is 0 Å². The van der Waals surface area contributed by atoms with Gasteiger partial charge in [-0.25, -0.2) is 9.97 Å². The zero-order valence-corrected chi connectivity index (χ0v) is 11.1. The number of anilines is 1. The number of hydrogen-bond acceptors (Lipinski definition) is 4. The van der Waals surface area contributed by atoms with E-state index >= 15 is 0 Å². The van der Waals surface area contributed by atoms with Gasteiger partial charge in [-0.3, -0.25) is 0 Å². The Hall–Kier alpha value is -1.68. The fourth-order valence-electron chi connectivity index (χ4n) is 2.88. The van der Waals surface area contributed by atoms with E-state index in [4.69, 9.17) is 5.73 Å². The van der Waals surface area contributed by atoms with Gasteiger partial charge in [0.2, 0.25) is 5.95 Å². The predicted octanol–water partition coefficient (Wildman–Crippen LogP) is 2.70. The molecule has 0 aliphatic heterocycles. The van der Waals surface area contributed by atoms with Crippen LogP contribution >= 0.6 is 0 Å². The van der Waals surface area contributed by atoms with Crippen molar-refractivity contribution in [2.75, 3.05) is 11.9 Å². The van der Waals surface area contributed by atoms with Gasteiger partial charge in [0, 0.05) is 18.1 Å². The molecule has 100 valence electrons. The molecular formula is C15H20N4. The number of benzene rings is 1. The molecule has 1 heterocycles. The molecule has 1 fully saturated rings. The Morgan fingerprint density at radius 1 is 1.16 bits per heavy atom. The topological polar surface area (TPSA) is 63.8 Å². The molecule has 3 rings (SSSR count). The van der Waals surface area contributed by atoms with Crippen LogP contribution in [0.5, 0.6) is 0 Å². The summed E-state index contributed by atoms with van der Waals surface area (Å²) >= 11 is 0. The standard InChI is InChI=1S/C15H20N4/c16-11-15(8-4-1-5-9-15)19-14-17-10-12-6-2-3-7-13(12)18-14/h2-3,6-7,10H,1,4-5,8-9,11,16H2,(H,17,18,19). The lowest BCUT2D eigenvalue weighted by Crippen LogP contribution is -2.47. The van der Waals surface area contributed by atoms with Crippen molar-refractivity contribution in [3.05, 3.63) is 30.5 Å². The van der Waals surface area contributed by atoms with Crippen LogP contribution in [0.1, 0.15) is 32.1 Å². The molecule has 0 amide bonds.